The van der Waals surface area contributed by atoms with Gasteiger partial charge in [0.05, 0.1) is 5.41 Å². The van der Waals surface area contributed by atoms with Gasteiger partial charge in [-0.25, -0.2) is 0 Å². The number of hydrogen-bond donors (Lipinski definition) is 1. The van der Waals surface area contributed by atoms with Crippen molar-refractivity contribution in [1.29, 1.82) is 0 Å². The third kappa shape index (κ3) is 4.87. The van der Waals surface area contributed by atoms with Crippen LogP contribution in [0.1, 0.15) is 58.8 Å². The van der Waals surface area contributed by atoms with Gasteiger partial charge in [-0.2, -0.15) is 0 Å². The molecule has 101 valence electrons. The monoisotopic (exact) mass is 249 g/mol. The van der Waals surface area contributed by atoms with Gasteiger partial charge in [0.2, 0.25) is 0 Å². The molecular formula is C15H26BO2. The third-order valence-electron chi connectivity index (χ3n) is 4.08. The average Bonchev–Trinajstić information content (AvgIpc) is 2.30. The zero-order chi connectivity index (χ0) is 13.6. The highest BCUT2D eigenvalue weighted by atomic mass is 16.4. The number of carboxylic acids is 1. The van der Waals surface area contributed by atoms with Crippen LogP contribution >= 0.6 is 0 Å². The van der Waals surface area contributed by atoms with Gasteiger partial charge in [0, 0.05) is 0 Å². The molecule has 2 fully saturated rings. The van der Waals surface area contributed by atoms with E-state index in [1.807, 2.05) is 0 Å². The Balaban J connectivity index is 0.000000180. The molecule has 0 aromatic rings. The third-order valence-corrected chi connectivity index (χ3v) is 4.08. The maximum absolute atomic E-state index is 10.4. The maximum atomic E-state index is 10.4. The van der Waals surface area contributed by atoms with E-state index in [1.54, 1.807) is 19.9 Å². The van der Waals surface area contributed by atoms with E-state index < -0.39 is 11.4 Å². The van der Waals surface area contributed by atoms with E-state index in [2.05, 4.69) is 13.9 Å². The Morgan fingerprint density at radius 3 is 1.94 bits per heavy atom. The molecule has 0 aliphatic carbocycles. The molecule has 1 radical (unpaired) electrons. The Kier molecular flexibility index (Phi) is 5.97. The quantitative estimate of drug-likeness (QED) is 0.597. The number of rotatable bonds is 3. The summed E-state index contributed by atoms with van der Waals surface area (Å²) >= 11 is 0. The van der Waals surface area contributed by atoms with Gasteiger partial charge in [-0.1, -0.05) is 56.2 Å². The lowest BCUT2D eigenvalue weighted by Gasteiger charge is -2.33. The Hall–Kier alpha value is -0.725. The predicted molar refractivity (Wildman–Crippen MR) is 77.2 cm³/mol. The fourth-order valence-electron chi connectivity index (χ4n) is 2.79. The number of carboxylic acid groups (broad SMARTS) is 1. The van der Waals surface area contributed by atoms with E-state index in [9.17, 15) is 4.79 Å². The van der Waals surface area contributed by atoms with Crippen LogP contribution in [0, 0.1) is 5.41 Å². The molecule has 0 amide bonds. The van der Waals surface area contributed by atoms with Crippen LogP contribution in [-0.2, 0) is 4.79 Å². The highest BCUT2D eigenvalue weighted by molar-refractivity contribution is 6.40. The zero-order valence-electron chi connectivity index (χ0n) is 11.8. The van der Waals surface area contributed by atoms with Gasteiger partial charge in [-0.15, -0.1) is 6.58 Å². The molecule has 2 heterocycles. The van der Waals surface area contributed by atoms with Crippen LogP contribution in [0.4, 0.5) is 0 Å². The van der Waals surface area contributed by atoms with Crippen molar-refractivity contribution >= 4 is 13.2 Å². The van der Waals surface area contributed by atoms with Gasteiger partial charge in [0.25, 0.3) is 0 Å². The van der Waals surface area contributed by atoms with Crippen molar-refractivity contribution in [2.45, 2.75) is 70.4 Å². The van der Waals surface area contributed by atoms with E-state index >= 15 is 0 Å². The molecule has 0 aromatic carbocycles. The van der Waals surface area contributed by atoms with Crippen LogP contribution in [-0.4, -0.2) is 18.4 Å². The first-order chi connectivity index (χ1) is 8.45. The Morgan fingerprint density at radius 1 is 1.28 bits per heavy atom. The molecule has 0 aromatic heterocycles. The number of aliphatic carboxylic acids is 1. The second-order valence-corrected chi connectivity index (χ2v) is 6.26. The Labute approximate surface area is 112 Å². The minimum absolute atomic E-state index is 0.516. The van der Waals surface area contributed by atoms with Crippen molar-refractivity contribution in [3.8, 4) is 0 Å². The summed E-state index contributed by atoms with van der Waals surface area (Å²) in [5.74, 6) is 1.28. The molecule has 0 unspecified atom stereocenters. The molecule has 2 nitrogen and oxygen atoms in total. The van der Waals surface area contributed by atoms with Gasteiger partial charge in [0.1, 0.15) is 7.28 Å². The first-order valence-electron chi connectivity index (χ1n) is 7.15. The first kappa shape index (κ1) is 15.3. The van der Waals surface area contributed by atoms with Crippen LogP contribution in [0.3, 0.4) is 0 Å². The molecule has 0 saturated carbocycles. The van der Waals surface area contributed by atoms with Gasteiger partial charge < -0.3 is 5.11 Å². The summed E-state index contributed by atoms with van der Waals surface area (Å²) in [6.07, 6.45) is 11.1. The van der Waals surface area contributed by atoms with Crippen LogP contribution in [0.5, 0.6) is 0 Å². The van der Waals surface area contributed by atoms with Crippen molar-refractivity contribution in [1.82, 2.24) is 0 Å². The summed E-state index contributed by atoms with van der Waals surface area (Å²) in [5.41, 5.74) is -0.651. The average molecular weight is 249 g/mol. The molecule has 2 saturated heterocycles. The highest BCUT2D eigenvalue weighted by Gasteiger charge is 2.26. The predicted octanol–water partition coefficient (Wildman–Crippen LogP) is 4.31. The molecule has 0 atom stereocenters. The molecule has 2 rings (SSSR count). The second-order valence-electron chi connectivity index (χ2n) is 6.26. The smallest absolute Gasteiger partial charge is 0.309 e. The van der Waals surface area contributed by atoms with Gasteiger partial charge in [-0.05, 0) is 20.3 Å². The van der Waals surface area contributed by atoms with E-state index in [0.717, 1.165) is 11.6 Å². The molecule has 0 spiro atoms. The van der Waals surface area contributed by atoms with Gasteiger partial charge in [0.15, 0.2) is 0 Å². The van der Waals surface area contributed by atoms with Crippen molar-refractivity contribution < 1.29 is 9.90 Å². The standard InChI is InChI=1S/C8H14B.C7H12O2/c1-3-7-5-2-6-8(4-1)9-7;1-4-5-7(2,3)6(8)9/h7-8H,1-6H2;4H,1,5H2,2-3H3,(H,8,9). The number of hydrogen-bond acceptors (Lipinski definition) is 1. The lowest BCUT2D eigenvalue weighted by Crippen LogP contribution is -2.22. The van der Waals surface area contributed by atoms with E-state index in [0.29, 0.717) is 6.42 Å². The molecular weight excluding hydrogens is 223 g/mol. The fourth-order valence-corrected chi connectivity index (χ4v) is 2.79. The maximum Gasteiger partial charge on any atom is 0.309 e. The van der Waals surface area contributed by atoms with Crippen molar-refractivity contribution in [3.05, 3.63) is 12.7 Å². The van der Waals surface area contributed by atoms with Crippen LogP contribution < -0.4 is 0 Å². The van der Waals surface area contributed by atoms with Gasteiger partial charge >= 0.3 is 5.97 Å². The fraction of sp³-hybridized carbons (Fsp3) is 0.800. The lowest BCUT2D eigenvalue weighted by molar-refractivity contribution is -0.146. The van der Waals surface area contributed by atoms with E-state index in [-0.39, 0.29) is 0 Å². The summed E-state index contributed by atoms with van der Waals surface area (Å²) in [7, 11) is 2.62. The van der Waals surface area contributed by atoms with Crippen LogP contribution in [0.2, 0.25) is 11.6 Å². The summed E-state index contributed by atoms with van der Waals surface area (Å²) in [6.45, 7) is 6.82. The molecule has 18 heavy (non-hydrogen) atoms. The first-order valence-corrected chi connectivity index (χ1v) is 7.15. The van der Waals surface area contributed by atoms with E-state index in [1.165, 1.54) is 38.5 Å². The molecule has 3 heteroatoms. The summed E-state index contributed by atoms with van der Waals surface area (Å²) in [6, 6.07) is 0. The van der Waals surface area contributed by atoms with Crippen LogP contribution in [0.25, 0.3) is 0 Å². The minimum Gasteiger partial charge on any atom is -0.481 e. The van der Waals surface area contributed by atoms with Crippen molar-refractivity contribution in [2.75, 3.05) is 0 Å². The van der Waals surface area contributed by atoms with Crippen molar-refractivity contribution in [2.24, 2.45) is 5.41 Å². The summed E-state index contributed by atoms with van der Waals surface area (Å²) in [5, 5.41) is 8.52. The Bertz CT molecular complexity index is 266. The lowest BCUT2D eigenvalue weighted by atomic mass is 9.44. The topological polar surface area (TPSA) is 37.3 Å². The minimum atomic E-state index is -0.776. The molecule has 2 bridgehead atoms. The number of fused-ring (bicyclic) bond motifs is 2. The Morgan fingerprint density at radius 2 is 1.72 bits per heavy atom. The van der Waals surface area contributed by atoms with Crippen molar-refractivity contribution in [3.63, 3.8) is 0 Å². The molecule has 1 N–H and O–H groups in total. The second kappa shape index (κ2) is 7.01. The summed E-state index contributed by atoms with van der Waals surface area (Å²) < 4.78 is 0. The largest absolute Gasteiger partial charge is 0.481 e. The number of allylic oxidation sites excluding steroid dienone is 1. The number of carbonyl (C=O) groups is 1. The molecule has 2 aliphatic rings. The van der Waals surface area contributed by atoms with Crippen LogP contribution in [0.15, 0.2) is 12.7 Å². The SMILES string of the molecule is C=CCC(C)(C)C(=O)O.[B]1C2CCCC1CCC2. The molecule has 2 aliphatic heterocycles. The normalized spacial score (nSPS) is 26.3. The summed E-state index contributed by atoms with van der Waals surface area (Å²) in [4.78, 5) is 10.4. The zero-order valence-corrected chi connectivity index (χ0v) is 11.8. The van der Waals surface area contributed by atoms with Gasteiger partial charge in [-0.3, -0.25) is 4.79 Å². The van der Waals surface area contributed by atoms with E-state index in [4.69, 9.17) is 5.11 Å². The highest BCUT2D eigenvalue weighted by Crippen LogP contribution is 2.40.